The standard InChI is InChI=1S/C11H21NO5S.C10H19NO3.C10H18O5.C5H11NO/c1-11(2,3)16-10(13)12-7-5-9(6-8-12)17-18(4,14)15;1-10(2,3)14-9(13)11-6-4-8(12)5-7-11;1-9(2,3)14-7(11)13-8(12)15-10(4,5)6;7-5-1-3-6-4-2-5/h9H,5-8H2,1-4H3;8,12H,4-7H2,1-3H3;1-6H3;5-7H,1-4H2. The molecule has 0 bridgehead atoms. The largest absolute Gasteiger partial charge is 0.519 e. The summed E-state index contributed by atoms with van der Waals surface area (Å²) >= 11 is 0. The average Bonchev–Trinajstić information content (AvgIpc) is 2.94. The van der Waals surface area contributed by atoms with Gasteiger partial charge in [-0.15, -0.1) is 0 Å². The van der Waals surface area contributed by atoms with E-state index >= 15 is 0 Å². The van der Waals surface area contributed by atoms with Crippen LogP contribution in [0.5, 0.6) is 0 Å². The van der Waals surface area contributed by atoms with Gasteiger partial charge in [-0.05, 0) is 135 Å². The van der Waals surface area contributed by atoms with Gasteiger partial charge in [0.2, 0.25) is 0 Å². The minimum absolute atomic E-state index is 0.0266. The second-order valence-corrected chi connectivity index (χ2v) is 18.8. The van der Waals surface area contributed by atoms with Crippen LogP contribution in [0.3, 0.4) is 0 Å². The first-order chi connectivity index (χ1) is 24.3. The first kappa shape index (κ1) is 51.1. The Morgan fingerprint density at radius 3 is 1.15 bits per heavy atom. The summed E-state index contributed by atoms with van der Waals surface area (Å²) in [6, 6.07) is 0. The summed E-state index contributed by atoms with van der Waals surface area (Å²) in [4.78, 5) is 48.5. The van der Waals surface area contributed by atoms with Crippen molar-refractivity contribution in [1.82, 2.24) is 15.1 Å². The Morgan fingerprint density at radius 1 is 0.556 bits per heavy atom. The molecule has 2 amide bonds. The normalized spacial score (nSPS) is 17.9. The van der Waals surface area contributed by atoms with Crippen molar-refractivity contribution in [1.29, 1.82) is 0 Å². The molecule has 3 fully saturated rings. The van der Waals surface area contributed by atoms with Crippen LogP contribution < -0.4 is 5.32 Å². The highest BCUT2D eigenvalue weighted by molar-refractivity contribution is 7.86. The van der Waals surface area contributed by atoms with Crippen LogP contribution in [0.15, 0.2) is 0 Å². The maximum absolute atomic E-state index is 11.8. The molecule has 0 aromatic carbocycles. The zero-order valence-corrected chi connectivity index (χ0v) is 35.6. The molecule has 3 aliphatic heterocycles. The van der Waals surface area contributed by atoms with Crippen LogP contribution in [0.25, 0.3) is 0 Å². The predicted molar refractivity (Wildman–Crippen MR) is 201 cm³/mol. The number of nitrogens with zero attached hydrogens (tertiary/aromatic N) is 2. The van der Waals surface area contributed by atoms with Crippen LogP contribution in [0.2, 0.25) is 0 Å². The molecule has 3 aliphatic rings. The molecular formula is C36H69N3O14S. The highest BCUT2D eigenvalue weighted by Crippen LogP contribution is 2.19. The Labute approximate surface area is 322 Å². The molecule has 3 heterocycles. The zero-order chi connectivity index (χ0) is 42.1. The van der Waals surface area contributed by atoms with Crippen molar-refractivity contribution >= 4 is 34.6 Å². The molecule has 18 heteroatoms. The van der Waals surface area contributed by atoms with Gasteiger partial charge in [0, 0.05) is 26.2 Å². The van der Waals surface area contributed by atoms with E-state index in [2.05, 4.69) is 10.1 Å². The number of nitrogens with one attached hydrogen (secondary N) is 1. The van der Waals surface area contributed by atoms with Crippen LogP contribution in [0, 0.1) is 0 Å². The minimum atomic E-state index is -3.42. The second kappa shape index (κ2) is 22.6. The van der Waals surface area contributed by atoms with Gasteiger partial charge < -0.3 is 49.0 Å². The lowest BCUT2D eigenvalue weighted by molar-refractivity contribution is -0.0295. The van der Waals surface area contributed by atoms with Crippen LogP contribution in [-0.4, -0.2) is 139 Å². The van der Waals surface area contributed by atoms with E-state index in [1.165, 1.54) is 0 Å². The summed E-state index contributed by atoms with van der Waals surface area (Å²) in [5.74, 6) is 0. The Morgan fingerprint density at radius 2 is 0.870 bits per heavy atom. The maximum atomic E-state index is 11.8. The van der Waals surface area contributed by atoms with Gasteiger partial charge in [-0.3, -0.25) is 4.18 Å². The van der Waals surface area contributed by atoms with Crippen molar-refractivity contribution in [3.63, 3.8) is 0 Å². The van der Waals surface area contributed by atoms with Gasteiger partial charge in [0.05, 0.1) is 24.6 Å². The van der Waals surface area contributed by atoms with Crippen molar-refractivity contribution in [3.8, 4) is 0 Å². The van der Waals surface area contributed by atoms with Crippen molar-refractivity contribution in [2.45, 2.75) is 162 Å². The quantitative estimate of drug-likeness (QED) is 0.139. The van der Waals surface area contributed by atoms with E-state index in [0.29, 0.717) is 51.9 Å². The topological polar surface area (TPSA) is 217 Å². The van der Waals surface area contributed by atoms with E-state index in [4.69, 9.17) is 28.2 Å². The molecule has 0 radical (unpaired) electrons. The highest BCUT2D eigenvalue weighted by atomic mass is 32.2. The van der Waals surface area contributed by atoms with Gasteiger partial charge in [0.15, 0.2) is 0 Å². The van der Waals surface area contributed by atoms with E-state index in [0.717, 1.165) is 32.2 Å². The highest BCUT2D eigenvalue weighted by Gasteiger charge is 2.29. The van der Waals surface area contributed by atoms with E-state index in [1.54, 1.807) is 51.3 Å². The molecule has 318 valence electrons. The number of carbonyl (C=O) groups is 4. The summed E-state index contributed by atoms with van der Waals surface area (Å²) in [7, 11) is -3.42. The summed E-state index contributed by atoms with van der Waals surface area (Å²) in [5, 5.41) is 21.3. The molecule has 3 rings (SSSR count). The number of piperidine rings is 3. The number of aliphatic hydroxyl groups excluding tert-OH is 2. The molecular weight excluding hydrogens is 730 g/mol. The number of hydrogen-bond donors (Lipinski definition) is 3. The Bertz CT molecular complexity index is 1220. The fourth-order valence-corrected chi connectivity index (χ4v) is 5.19. The molecule has 0 unspecified atom stereocenters. The summed E-state index contributed by atoms with van der Waals surface area (Å²) in [6.45, 7) is 25.1. The second-order valence-electron chi connectivity index (χ2n) is 17.2. The third-order valence-electron chi connectivity index (χ3n) is 6.78. The molecule has 0 aliphatic carbocycles. The fraction of sp³-hybridized carbons (Fsp3) is 0.889. The predicted octanol–water partition coefficient (Wildman–Crippen LogP) is 5.34. The third kappa shape index (κ3) is 29.4. The van der Waals surface area contributed by atoms with E-state index in [9.17, 15) is 32.7 Å². The lowest BCUT2D eigenvalue weighted by atomic mass is 10.1. The monoisotopic (exact) mass is 799 g/mol. The molecule has 0 aromatic rings. The molecule has 0 spiro atoms. The van der Waals surface area contributed by atoms with Crippen molar-refractivity contribution < 1.29 is 65.7 Å². The summed E-state index contributed by atoms with van der Waals surface area (Å²) in [5.41, 5.74) is -2.34. The minimum Gasteiger partial charge on any atom is -0.444 e. The smallest absolute Gasteiger partial charge is 0.444 e. The van der Waals surface area contributed by atoms with Crippen molar-refractivity contribution in [3.05, 3.63) is 0 Å². The molecule has 3 saturated heterocycles. The zero-order valence-electron chi connectivity index (χ0n) is 34.8. The number of likely N-dealkylation sites (tertiary alicyclic amines) is 2. The SMILES string of the molecule is CC(C)(C)OC(=O)N1CCC(O)CC1.CC(C)(C)OC(=O)N1CCC(OS(C)(=O)=O)CC1.CC(C)(C)OC(=O)OC(=O)OC(C)(C)C.OC1CCNCC1. The number of ether oxygens (including phenoxy) is 5. The Hall–Kier alpha value is -2.93. The first-order valence-electron chi connectivity index (χ1n) is 18.4. The third-order valence-corrected chi connectivity index (χ3v) is 7.40. The molecule has 3 N–H and O–H groups in total. The lowest BCUT2D eigenvalue weighted by Crippen LogP contribution is -2.43. The lowest BCUT2D eigenvalue weighted by Gasteiger charge is -2.32. The van der Waals surface area contributed by atoms with E-state index < -0.39 is 44.8 Å². The maximum Gasteiger partial charge on any atom is 0.519 e. The average molecular weight is 800 g/mol. The Balaban J connectivity index is 0.000000720. The number of hydrogen-bond acceptors (Lipinski definition) is 15. The van der Waals surface area contributed by atoms with Crippen molar-refractivity contribution in [2.75, 3.05) is 45.5 Å². The van der Waals surface area contributed by atoms with Crippen LogP contribution in [0.4, 0.5) is 19.2 Å². The number of amides is 2. The molecule has 54 heavy (non-hydrogen) atoms. The van der Waals surface area contributed by atoms with E-state index in [-0.39, 0.29) is 30.5 Å². The molecule has 0 saturated carbocycles. The molecule has 0 atom stereocenters. The van der Waals surface area contributed by atoms with Gasteiger partial charge >= 0.3 is 24.5 Å². The number of rotatable bonds is 2. The first-order valence-corrected chi connectivity index (χ1v) is 20.2. The van der Waals surface area contributed by atoms with Gasteiger partial charge in [0.25, 0.3) is 10.1 Å². The van der Waals surface area contributed by atoms with Gasteiger partial charge in [-0.2, -0.15) is 8.42 Å². The van der Waals surface area contributed by atoms with Gasteiger partial charge in [-0.25, -0.2) is 19.2 Å². The van der Waals surface area contributed by atoms with E-state index in [1.807, 2.05) is 41.5 Å². The van der Waals surface area contributed by atoms with Crippen molar-refractivity contribution in [2.24, 2.45) is 0 Å². The van der Waals surface area contributed by atoms with Gasteiger partial charge in [0.1, 0.15) is 22.4 Å². The Kier molecular flexibility index (Phi) is 21.4. The molecule has 17 nitrogen and oxygen atoms in total. The van der Waals surface area contributed by atoms with Crippen LogP contribution in [-0.2, 0) is 38.0 Å². The summed E-state index contributed by atoms with van der Waals surface area (Å²) < 4.78 is 51.1. The molecule has 0 aromatic heterocycles. The number of carbonyl (C=O) groups excluding carboxylic acids is 4. The van der Waals surface area contributed by atoms with Gasteiger partial charge in [-0.1, -0.05) is 0 Å². The number of aliphatic hydroxyl groups is 2. The van der Waals surface area contributed by atoms with Crippen LogP contribution >= 0.6 is 0 Å². The van der Waals surface area contributed by atoms with Crippen LogP contribution in [0.1, 0.15) is 122 Å². The fourth-order valence-electron chi connectivity index (χ4n) is 4.50. The summed E-state index contributed by atoms with van der Waals surface area (Å²) in [6.07, 6.45) is 1.84.